The zero-order valence-corrected chi connectivity index (χ0v) is 11.7. The number of esters is 1. The molecule has 0 aliphatic heterocycles. The molecule has 2 aromatic heterocycles. The van der Waals surface area contributed by atoms with Crippen LogP contribution in [0.25, 0.3) is 0 Å². The zero-order valence-electron chi connectivity index (χ0n) is 11.7. The third-order valence-corrected chi connectivity index (χ3v) is 2.89. The van der Waals surface area contributed by atoms with E-state index >= 15 is 0 Å². The number of carbonyl (C=O) groups is 2. The van der Waals surface area contributed by atoms with E-state index in [1.165, 1.54) is 18.3 Å². The maximum Gasteiger partial charge on any atom is 0.356 e. The fraction of sp³-hybridized carbons (Fsp3) is 0.286. The van der Waals surface area contributed by atoms with Crippen LogP contribution < -0.4 is 5.69 Å². The predicted molar refractivity (Wildman–Crippen MR) is 74.4 cm³/mol. The summed E-state index contributed by atoms with van der Waals surface area (Å²) in [5, 5.41) is 0. The van der Waals surface area contributed by atoms with Gasteiger partial charge in [-0.25, -0.2) is 14.6 Å². The highest BCUT2D eigenvalue weighted by Crippen LogP contribution is 2.11. The van der Waals surface area contributed by atoms with E-state index in [1.54, 1.807) is 6.92 Å². The average Bonchev–Trinajstić information content (AvgIpc) is 2.88. The minimum atomic E-state index is -0.592. The number of ether oxygens (including phenoxy) is 1. The van der Waals surface area contributed by atoms with Crippen molar-refractivity contribution in [3.63, 3.8) is 0 Å². The van der Waals surface area contributed by atoms with Crippen LogP contribution in [-0.4, -0.2) is 33.3 Å². The number of nitrogens with one attached hydrogen (secondary N) is 2. The topological polar surface area (TPSA) is 105 Å². The zero-order chi connectivity index (χ0) is 15.4. The first-order valence-corrected chi connectivity index (χ1v) is 6.55. The predicted octanol–water partition coefficient (Wildman–Crippen LogP) is 1.07. The van der Waals surface area contributed by atoms with Gasteiger partial charge in [-0.05, 0) is 25.5 Å². The van der Waals surface area contributed by atoms with E-state index in [0.717, 1.165) is 0 Å². The summed E-state index contributed by atoms with van der Waals surface area (Å²) in [4.78, 5) is 44.3. The Bertz CT molecular complexity index is 730. The van der Waals surface area contributed by atoms with E-state index in [-0.39, 0.29) is 29.3 Å². The molecule has 0 radical (unpaired) electrons. The third-order valence-electron chi connectivity index (χ3n) is 2.89. The van der Waals surface area contributed by atoms with Crippen molar-refractivity contribution < 1.29 is 14.3 Å². The fourth-order valence-electron chi connectivity index (χ4n) is 1.91. The monoisotopic (exact) mass is 289 g/mol. The third kappa shape index (κ3) is 3.07. The molecule has 7 heteroatoms. The fourth-order valence-corrected chi connectivity index (χ4v) is 1.91. The van der Waals surface area contributed by atoms with Crippen LogP contribution in [0.4, 0.5) is 0 Å². The Morgan fingerprint density at radius 1 is 1.29 bits per heavy atom. The van der Waals surface area contributed by atoms with Crippen molar-refractivity contribution in [3.8, 4) is 0 Å². The Morgan fingerprint density at radius 2 is 2.05 bits per heavy atom. The molecule has 0 fully saturated rings. The Hall–Kier alpha value is -2.70. The number of carbonyl (C=O) groups excluding carboxylic acids is 2. The van der Waals surface area contributed by atoms with Crippen LogP contribution in [0.5, 0.6) is 0 Å². The van der Waals surface area contributed by atoms with Gasteiger partial charge in [0.2, 0.25) is 5.78 Å². The van der Waals surface area contributed by atoms with Crippen molar-refractivity contribution >= 4 is 11.8 Å². The molecule has 0 amide bonds. The van der Waals surface area contributed by atoms with E-state index in [9.17, 15) is 14.4 Å². The number of aromatic nitrogens is 3. The van der Waals surface area contributed by atoms with E-state index in [2.05, 4.69) is 15.0 Å². The lowest BCUT2D eigenvalue weighted by Crippen LogP contribution is -2.11. The second kappa shape index (κ2) is 6.17. The van der Waals surface area contributed by atoms with Crippen molar-refractivity contribution in [1.29, 1.82) is 0 Å². The number of aryl methyl sites for hydroxylation is 1. The Morgan fingerprint density at radius 3 is 2.71 bits per heavy atom. The lowest BCUT2D eigenvalue weighted by molar-refractivity contribution is 0.0519. The molecule has 0 aromatic carbocycles. The van der Waals surface area contributed by atoms with Gasteiger partial charge in [0.25, 0.3) is 0 Å². The van der Waals surface area contributed by atoms with Crippen LogP contribution in [0.3, 0.4) is 0 Å². The Balaban J connectivity index is 2.37. The van der Waals surface area contributed by atoms with Crippen LogP contribution in [0, 0.1) is 0 Å². The largest absolute Gasteiger partial charge is 0.461 e. The highest BCUT2D eigenvalue weighted by Gasteiger charge is 2.18. The summed E-state index contributed by atoms with van der Waals surface area (Å²) in [6.45, 7) is 3.74. The SMILES string of the molecule is CCOC(=O)c1cc(C(=O)c2[nH]c(=O)[nH]c2CC)ccn1. The van der Waals surface area contributed by atoms with Gasteiger partial charge in [-0.1, -0.05) is 6.92 Å². The van der Waals surface area contributed by atoms with Gasteiger partial charge >= 0.3 is 11.7 Å². The van der Waals surface area contributed by atoms with Crippen molar-refractivity contribution in [2.45, 2.75) is 20.3 Å². The maximum absolute atomic E-state index is 12.4. The van der Waals surface area contributed by atoms with E-state index in [4.69, 9.17) is 4.74 Å². The molecule has 2 heterocycles. The molecule has 110 valence electrons. The van der Waals surface area contributed by atoms with Gasteiger partial charge in [0, 0.05) is 17.5 Å². The molecule has 2 rings (SSSR count). The standard InChI is InChI=1S/C14H15N3O4/c1-3-9-11(17-14(20)16-9)12(18)8-5-6-15-10(7-8)13(19)21-4-2/h5-7H,3-4H2,1-2H3,(H2,16,17,20). The second-order valence-electron chi connectivity index (χ2n) is 4.27. The van der Waals surface area contributed by atoms with Crippen LogP contribution in [-0.2, 0) is 11.2 Å². The minimum Gasteiger partial charge on any atom is -0.461 e. The molecule has 7 nitrogen and oxygen atoms in total. The van der Waals surface area contributed by atoms with Gasteiger partial charge in [-0.3, -0.25) is 4.79 Å². The number of nitrogens with zero attached hydrogens (tertiary/aromatic N) is 1. The van der Waals surface area contributed by atoms with Gasteiger partial charge in [0.05, 0.1) is 6.61 Å². The lowest BCUT2D eigenvalue weighted by Gasteiger charge is -2.04. The smallest absolute Gasteiger partial charge is 0.356 e. The average molecular weight is 289 g/mol. The highest BCUT2D eigenvalue weighted by atomic mass is 16.5. The number of pyridine rings is 1. The minimum absolute atomic E-state index is 0.0543. The maximum atomic E-state index is 12.4. The van der Waals surface area contributed by atoms with E-state index in [1.807, 2.05) is 6.92 Å². The first kappa shape index (κ1) is 14.7. The second-order valence-corrected chi connectivity index (χ2v) is 4.27. The number of H-pyrrole nitrogens is 2. The molecule has 0 saturated heterocycles. The lowest BCUT2D eigenvalue weighted by atomic mass is 10.1. The summed E-state index contributed by atoms with van der Waals surface area (Å²) in [6, 6.07) is 2.83. The molecule has 0 saturated carbocycles. The van der Waals surface area contributed by atoms with E-state index in [0.29, 0.717) is 12.1 Å². The number of imidazole rings is 1. The summed E-state index contributed by atoms with van der Waals surface area (Å²) < 4.78 is 4.84. The summed E-state index contributed by atoms with van der Waals surface area (Å²) in [7, 11) is 0. The van der Waals surface area contributed by atoms with E-state index < -0.39 is 11.7 Å². The number of ketones is 1. The summed E-state index contributed by atoms with van der Waals surface area (Å²) in [5.74, 6) is -0.969. The molecule has 2 aromatic rings. The van der Waals surface area contributed by atoms with Crippen LogP contribution in [0.15, 0.2) is 23.1 Å². The van der Waals surface area contributed by atoms with Gasteiger partial charge in [0.1, 0.15) is 11.4 Å². The summed E-state index contributed by atoms with van der Waals surface area (Å²) in [6.07, 6.45) is 1.87. The molecular formula is C14H15N3O4. The van der Waals surface area contributed by atoms with Crippen LogP contribution in [0.1, 0.15) is 46.1 Å². The quantitative estimate of drug-likeness (QED) is 0.632. The van der Waals surface area contributed by atoms with Crippen molar-refractivity contribution in [1.82, 2.24) is 15.0 Å². The normalized spacial score (nSPS) is 10.4. The number of rotatable bonds is 5. The first-order chi connectivity index (χ1) is 10.1. The first-order valence-electron chi connectivity index (χ1n) is 6.55. The molecule has 0 spiro atoms. The molecular weight excluding hydrogens is 274 g/mol. The van der Waals surface area contributed by atoms with Crippen LogP contribution >= 0.6 is 0 Å². The van der Waals surface area contributed by atoms with Gasteiger partial charge in [-0.2, -0.15) is 0 Å². The molecule has 21 heavy (non-hydrogen) atoms. The van der Waals surface area contributed by atoms with Crippen LogP contribution in [0.2, 0.25) is 0 Å². The molecule has 0 atom stereocenters. The molecule has 0 aliphatic carbocycles. The Kier molecular flexibility index (Phi) is 4.32. The van der Waals surface area contributed by atoms with Crippen molar-refractivity contribution in [2.75, 3.05) is 6.61 Å². The number of hydrogen-bond acceptors (Lipinski definition) is 5. The van der Waals surface area contributed by atoms with Gasteiger partial charge in [0.15, 0.2) is 0 Å². The molecule has 0 bridgehead atoms. The molecule has 0 unspecified atom stereocenters. The molecule has 2 N–H and O–H groups in total. The summed E-state index contributed by atoms with van der Waals surface area (Å²) >= 11 is 0. The van der Waals surface area contributed by atoms with Crippen molar-refractivity contribution in [3.05, 3.63) is 51.5 Å². The van der Waals surface area contributed by atoms with Crippen molar-refractivity contribution in [2.24, 2.45) is 0 Å². The molecule has 0 aliphatic rings. The number of aromatic amines is 2. The summed E-state index contributed by atoms with van der Waals surface area (Å²) in [5.41, 5.74) is 0.606. The Labute approximate surface area is 120 Å². The highest BCUT2D eigenvalue weighted by molar-refractivity contribution is 6.09. The number of hydrogen-bond donors (Lipinski definition) is 2. The van der Waals surface area contributed by atoms with Gasteiger partial charge in [-0.15, -0.1) is 0 Å². The van der Waals surface area contributed by atoms with Gasteiger partial charge < -0.3 is 14.7 Å².